The van der Waals surface area contributed by atoms with E-state index < -0.39 is 5.97 Å². The highest BCUT2D eigenvalue weighted by Crippen LogP contribution is 2.12. The van der Waals surface area contributed by atoms with E-state index in [1.54, 1.807) is 18.3 Å². The first kappa shape index (κ1) is 10.2. The predicted octanol–water partition coefficient (Wildman–Crippen LogP) is 0.600. The number of benzene rings is 1. The number of phenolic OH excluding ortho intramolecular Hbond substituents is 1. The molecular formula is C10H9N3O3. The highest BCUT2D eigenvalue weighted by Gasteiger charge is 2.06. The van der Waals surface area contributed by atoms with E-state index >= 15 is 0 Å². The first-order valence-corrected chi connectivity index (χ1v) is 4.57. The fourth-order valence-corrected chi connectivity index (χ4v) is 1.27. The normalized spacial score (nSPS) is 10.2. The number of aromatic hydroxyl groups is 1. The van der Waals surface area contributed by atoms with Gasteiger partial charge in [0.15, 0.2) is 0 Å². The van der Waals surface area contributed by atoms with E-state index in [2.05, 4.69) is 10.3 Å². The molecule has 0 unspecified atom stereocenters. The number of carboxylic acid groups (broad SMARTS) is 1. The summed E-state index contributed by atoms with van der Waals surface area (Å²) in [6.45, 7) is 0. The molecule has 6 nitrogen and oxygen atoms in total. The lowest BCUT2D eigenvalue weighted by molar-refractivity contribution is -0.136. The third-order valence-electron chi connectivity index (χ3n) is 1.99. The van der Waals surface area contributed by atoms with Gasteiger partial charge in [-0.3, -0.25) is 4.79 Å². The molecule has 1 aromatic heterocycles. The number of aromatic nitrogens is 3. The Balaban J connectivity index is 2.24. The average Bonchev–Trinajstić information content (AvgIpc) is 2.66. The van der Waals surface area contributed by atoms with E-state index in [1.807, 2.05) is 0 Å². The Hall–Kier alpha value is -2.37. The Kier molecular flexibility index (Phi) is 2.55. The molecule has 0 saturated carbocycles. The molecule has 0 aliphatic carbocycles. The van der Waals surface area contributed by atoms with E-state index in [9.17, 15) is 4.79 Å². The van der Waals surface area contributed by atoms with Crippen molar-refractivity contribution in [2.24, 2.45) is 0 Å². The summed E-state index contributed by atoms with van der Waals surface area (Å²) in [5.41, 5.74) is 1.10. The molecule has 0 fully saturated rings. The van der Waals surface area contributed by atoms with Crippen molar-refractivity contribution < 1.29 is 15.0 Å². The van der Waals surface area contributed by atoms with Crippen LogP contribution in [0.1, 0.15) is 5.69 Å². The summed E-state index contributed by atoms with van der Waals surface area (Å²) in [7, 11) is 0. The van der Waals surface area contributed by atoms with Gasteiger partial charge < -0.3 is 10.2 Å². The number of nitrogens with zero attached hydrogens (tertiary/aromatic N) is 3. The van der Waals surface area contributed by atoms with Crippen molar-refractivity contribution in [1.82, 2.24) is 15.0 Å². The second-order valence-corrected chi connectivity index (χ2v) is 3.24. The largest absolute Gasteiger partial charge is 0.508 e. The SMILES string of the molecule is O=C(O)Cc1cn(-c2ccc(O)cc2)nn1. The standard InChI is InChI=1S/C10H9N3O3/c14-9-3-1-8(2-4-9)13-6-7(11-12-13)5-10(15)16/h1-4,6,14H,5H2,(H,15,16). The van der Waals surface area contributed by atoms with Gasteiger partial charge in [-0.1, -0.05) is 5.21 Å². The van der Waals surface area contributed by atoms with Crippen LogP contribution in [0.15, 0.2) is 30.5 Å². The van der Waals surface area contributed by atoms with Crippen LogP contribution in [0.3, 0.4) is 0 Å². The van der Waals surface area contributed by atoms with Crippen LogP contribution in [0.5, 0.6) is 5.75 Å². The van der Waals surface area contributed by atoms with Crippen LogP contribution in [0.2, 0.25) is 0 Å². The van der Waals surface area contributed by atoms with Crippen molar-refractivity contribution in [2.75, 3.05) is 0 Å². The zero-order valence-electron chi connectivity index (χ0n) is 8.24. The zero-order valence-corrected chi connectivity index (χ0v) is 8.24. The molecule has 0 bridgehead atoms. The maximum Gasteiger partial charge on any atom is 0.309 e. The summed E-state index contributed by atoms with van der Waals surface area (Å²) < 4.78 is 1.46. The fourth-order valence-electron chi connectivity index (χ4n) is 1.27. The van der Waals surface area contributed by atoms with Crippen molar-refractivity contribution in [1.29, 1.82) is 0 Å². The average molecular weight is 219 g/mol. The molecule has 2 N–H and O–H groups in total. The molecule has 0 amide bonds. The third kappa shape index (κ3) is 2.17. The number of rotatable bonds is 3. The Morgan fingerprint density at radius 2 is 2.00 bits per heavy atom. The molecule has 0 spiro atoms. The van der Waals surface area contributed by atoms with Gasteiger partial charge in [0.05, 0.1) is 24.0 Å². The monoisotopic (exact) mass is 219 g/mol. The molecule has 0 atom stereocenters. The number of carboxylic acids is 1. The molecule has 2 rings (SSSR count). The van der Waals surface area contributed by atoms with Gasteiger partial charge in [0, 0.05) is 0 Å². The van der Waals surface area contributed by atoms with Crippen molar-refractivity contribution in [3.05, 3.63) is 36.2 Å². The van der Waals surface area contributed by atoms with E-state index in [1.165, 1.54) is 16.8 Å². The Labute approximate surface area is 90.8 Å². The van der Waals surface area contributed by atoms with Crippen molar-refractivity contribution in [2.45, 2.75) is 6.42 Å². The zero-order chi connectivity index (χ0) is 11.5. The molecule has 16 heavy (non-hydrogen) atoms. The summed E-state index contributed by atoms with van der Waals surface area (Å²) >= 11 is 0. The molecule has 0 saturated heterocycles. The number of aliphatic carboxylic acids is 1. The number of hydrogen-bond donors (Lipinski definition) is 2. The number of phenols is 1. The summed E-state index contributed by atoms with van der Waals surface area (Å²) in [5, 5.41) is 25.2. The molecule has 0 radical (unpaired) electrons. The lowest BCUT2D eigenvalue weighted by atomic mass is 10.3. The van der Waals surface area contributed by atoms with Gasteiger partial charge in [0.2, 0.25) is 0 Å². The maximum absolute atomic E-state index is 10.4. The van der Waals surface area contributed by atoms with Crippen LogP contribution in [0.4, 0.5) is 0 Å². The van der Waals surface area contributed by atoms with Gasteiger partial charge in [0.25, 0.3) is 0 Å². The summed E-state index contributed by atoms with van der Waals surface area (Å²) in [6.07, 6.45) is 1.39. The van der Waals surface area contributed by atoms with Crippen molar-refractivity contribution in [3.8, 4) is 11.4 Å². The van der Waals surface area contributed by atoms with Crippen LogP contribution < -0.4 is 0 Å². The summed E-state index contributed by atoms with van der Waals surface area (Å²) in [5.74, 6) is -0.785. The Morgan fingerprint density at radius 1 is 1.31 bits per heavy atom. The fraction of sp³-hybridized carbons (Fsp3) is 0.100. The van der Waals surface area contributed by atoms with Crippen molar-refractivity contribution in [3.63, 3.8) is 0 Å². The molecular weight excluding hydrogens is 210 g/mol. The van der Waals surface area contributed by atoms with Crippen LogP contribution >= 0.6 is 0 Å². The van der Waals surface area contributed by atoms with E-state index in [4.69, 9.17) is 10.2 Å². The van der Waals surface area contributed by atoms with Gasteiger partial charge in [-0.2, -0.15) is 0 Å². The third-order valence-corrected chi connectivity index (χ3v) is 1.99. The highest BCUT2D eigenvalue weighted by molar-refractivity contribution is 5.69. The van der Waals surface area contributed by atoms with Gasteiger partial charge >= 0.3 is 5.97 Å². The molecule has 6 heteroatoms. The van der Waals surface area contributed by atoms with Crippen LogP contribution in [-0.2, 0) is 11.2 Å². The van der Waals surface area contributed by atoms with Crippen molar-refractivity contribution >= 4 is 5.97 Å². The molecule has 0 aliphatic heterocycles. The van der Waals surface area contributed by atoms with E-state index in [0.29, 0.717) is 11.4 Å². The highest BCUT2D eigenvalue weighted by atomic mass is 16.4. The lowest BCUT2D eigenvalue weighted by Crippen LogP contribution is -1.99. The Bertz CT molecular complexity index is 504. The second kappa shape index (κ2) is 4.01. The predicted molar refractivity (Wildman–Crippen MR) is 54.4 cm³/mol. The first-order chi connectivity index (χ1) is 7.65. The minimum Gasteiger partial charge on any atom is -0.508 e. The molecule has 1 heterocycles. The van der Waals surface area contributed by atoms with Crippen LogP contribution in [0.25, 0.3) is 5.69 Å². The van der Waals surface area contributed by atoms with Crippen LogP contribution in [0, 0.1) is 0 Å². The van der Waals surface area contributed by atoms with Gasteiger partial charge in [-0.25, -0.2) is 4.68 Å². The van der Waals surface area contributed by atoms with Gasteiger partial charge in [-0.05, 0) is 24.3 Å². The summed E-state index contributed by atoms with van der Waals surface area (Å²) in [6, 6.07) is 6.37. The van der Waals surface area contributed by atoms with E-state index in [0.717, 1.165) is 0 Å². The molecule has 0 aliphatic rings. The minimum atomic E-state index is -0.947. The van der Waals surface area contributed by atoms with Crippen LogP contribution in [-0.4, -0.2) is 31.2 Å². The second-order valence-electron chi connectivity index (χ2n) is 3.24. The maximum atomic E-state index is 10.4. The summed E-state index contributed by atoms with van der Waals surface area (Å²) in [4.78, 5) is 10.4. The van der Waals surface area contributed by atoms with Gasteiger partial charge in [-0.15, -0.1) is 5.10 Å². The number of carbonyl (C=O) groups is 1. The smallest absolute Gasteiger partial charge is 0.309 e. The lowest BCUT2D eigenvalue weighted by Gasteiger charge is -1.98. The quantitative estimate of drug-likeness (QED) is 0.789. The topological polar surface area (TPSA) is 88.2 Å². The van der Waals surface area contributed by atoms with E-state index in [-0.39, 0.29) is 12.2 Å². The van der Waals surface area contributed by atoms with Gasteiger partial charge in [0.1, 0.15) is 5.75 Å². The first-order valence-electron chi connectivity index (χ1n) is 4.57. The molecule has 82 valence electrons. The minimum absolute atomic E-state index is 0.155. The number of hydrogen-bond acceptors (Lipinski definition) is 4. The Morgan fingerprint density at radius 3 is 2.62 bits per heavy atom. The molecule has 2 aromatic rings. The molecule has 1 aromatic carbocycles.